The van der Waals surface area contributed by atoms with E-state index < -0.39 is 48.1 Å². The molecule has 0 radical (unpaired) electrons. The molecule has 0 aliphatic carbocycles. The van der Waals surface area contributed by atoms with Gasteiger partial charge in [-0.25, -0.2) is 19.1 Å². The molecule has 40 heavy (non-hydrogen) atoms. The van der Waals surface area contributed by atoms with Gasteiger partial charge in [0.1, 0.15) is 47.0 Å². The molecule has 15 heteroatoms. The minimum absolute atomic E-state index is 0.0218. The Morgan fingerprint density at radius 1 is 1.32 bits per heavy atom. The summed E-state index contributed by atoms with van der Waals surface area (Å²) in [6, 6.07) is 5.01. The smallest absolute Gasteiger partial charge is 0.285 e. The molecule has 5 atom stereocenters. The van der Waals surface area contributed by atoms with E-state index >= 15 is 0 Å². The van der Waals surface area contributed by atoms with Crippen LogP contribution in [0.15, 0.2) is 41.6 Å². The zero-order chi connectivity index (χ0) is 28.4. The molecule has 1 aromatic carbocycles. The topological polar surface area (TPSA) is 135 Å². The van der Waals surface area contributed by atoms with Gasteiger partial charge in [-0.3, -0.25) is 10.2 Å². The third-order valence-corrected chi connectivity index (χ3v) is 8.30. The van der Waals surface area contributed by atoms with Crippen LogP contribution in [0.1, 0.15) is 29.9 Å². The molecule has 0 spiro atoms. The average Bonchev–Trinajstić information content (AvgIpc) is 3.39. The first-order valence-electron chi connectivity index (χ1n) is 12.6. The van der Waals surface area contributed by atoms with Crippen LogP contribution in [0.3, 0.4) is 0 Å². The summed E-state index contributed by atoms with van der Waals surface area (Å²) in [5.74, 6) is -0.998. The lowest BCUT2D eigenvalue weighted by Crippen LogP contribution is -2.56. The molecule has 3 aromatic rings. The number of hydrazine groups is 1. The van der Waals surface area contributed by atoms with Gasteiger partial charge in [-0.05, 0) is 31.5 Å². The van der Waals surface area contributed by atoms with E-state index in [-0.39, 0.29) is 17.3 Å². The van der Waals surface area contributed by atoms with E-state index in [2.05, 4.69) is 20.7 Å². The van der Waals surface area contributed by atoms with E-state index in [1.54, 1.807) is 30.3 Å². The quantitative estimate of drug-likeness (QED) is 0.331. The van der Waals surface area contributed by atoms with E-state index in [9.17, 15) is 19.4 Å². The van der Waals surface area contributed by atoms with E-state index in [0.717, 1.165) is 31.3 Å². The maximum absolute atomic E-state index is 14.1. The number of halogens is 3. The fraction of sp³-hybridized carbons (Fsp3) is 0.440. The van der Waals surface area contributed by atoms with Crippen LogP contribution >= 0.6 is 35.0 Å². The third kappa shape index (κ3) is 6.11. The number of aliphatic hydroxyl groups is 2. The molecule has 0 saturated carbocycles. The van der Waals surface area contributed by atoms with Crippen molar-refractivity contribution in [3.63, 3.8) is 0 Å². The lowest BCUT2D eigenvalue weighted by molar-refractivity contribution is -0.191. The summed E-state index contributed by atoms with van der Waals surface area (Å²) in [6.07, 6.45) is 0.876. The molecule has 2 aliphatic rings. The number of benzene rings is 1. The Kier molecular flexibility index (Phi) is 9.22. The number of hydrogen-bond acceptors (Lipinski definition) is 10. The summed E-state index contributed by atoms with van der Waals surface area (Å²) < 4.78 is 27.6. The Labute approximate surface area is 243 Å². The van der Waals surface area contributed by atoms with Gasteiger partial charge in [0, 0.05) is 36.4 Å². The van der Waals surface area contributed by atoms with Crippen molar-refractivity contribution >= 4 is 40.9 Å². The standard InChI is InChI=1S/C25H27Cl2FN6O5S/c1-2-38-23-21(34-11-17(30-32-34)13-4-5-15(27)16(28)8-13)22(36)18(12-35)39-25(23)40-19-9-14(26)10-29-20(19)24(37)31-33-6-3-7-33/h4-5,8-11,18,21-23,25,35-36H,2-3,6-7,12H2,1H3,(H,31,37)/t18-,21+,22+,23-,25-/m1/s1. The summed E-state index contributed by atoms with van der Waals surface area (Å²) in [7, 11) is 0. The van der Waals surface area contributed by atoms with Gasteiger partial charge in [-0.2, -0.15) is 0 Å². The van der Waals surface area contributed by atoms with Crippen LogP contribution in [-0.4, -0.2) is 91.2 Å². The van der Waals surface area contributed by atoms with Crippen LogP contribution in [0, 0.1) is 5.82 Å². The Bertz CT molecular complexity index is 1360. The molecule has 3 N–H and O–H groups in total. The molecular formula is C25H27Cl2FN6O5S. The SMILES string of the molecule is CCO[C@@H]1[C@@H](n2cc(-c3ccc(Cl)c(F)c3)nn2)[C@@H](O)[C@@H](CO)O[C@@H]1Sc1cc(Cl)cnc1C(=O)NN1CCC1. The maximum Gasteiger partial charge on any atom is 0.285 e. The first-order valence-corrected chi connectivity index (χ1v) is 14.2. The predicted octanol–water partition coefficient (Wildman–Crippen LogP) is 2.95. The van der Waals surface area contributed by atoms with Gasteiger partial charge >= 0.3 is 0 Å². The second kappa shape index (κ2) is 12.7. The van der Waals surface area contributed by atoms with Gasteiger partial charge in [0.25, 0.3) is 5.91 Å². The van der Waals surface area contributed by atoms with Gasteiger partial charge in [0.05, 0.1) is 22.8 Å². The van der Waals surface area contributed by atoms with Crippen molar-refractivity contribution in [3.8, 4) is 11.3 Å². The van der Waals surface area contributed by atoms with E-state index in [1.165, 1.54) is 23.0 Å². The highest BCUT2D eigenvalue weighted by Gasteiger charge is 2.48. The fourth-order valence-corrected chi connectivity index (χ4v) is 6.08. The van der Waals surface area contributed by atoms with Gasteiger partial charge in [-0.1, -0.05) is 46.2 Å². The molecule has 2 aliphatic heterocycles. The lowest BCUT2D eigenvalue weighted by Gasteiger charge is -2.43. The Balaban J connectivity index is 1.46. The Hall–Kier alpha value is -2.36. The number of nitrogens with zero attached hydrogens (tertiary/aromatic N) is 5. The number of amides is 1. The number of rotatable bonds is 9. The number of hydrogen-bond donors (Lipinski definition) is 3. The van der Waals surface area contributed by atoms with Crippen LogP contribution in [0.5, 0.6) is 0 Å². The third-order valence-electron chi connectivity index (χ3n) is 6.61. The number of aliphatic hydroxyl groups excluding tert-OH is 2. The molecule has 5 rings (SSSR count). The molecule has 0 bridgehead atoms. The minimum atomic E-state index is -1.23. The summed E-state index contributed by atoms with van der Waals surface area (Å²) in [5.41, 5.74) is 2.94. The van der Waals surface area contributed by atoms with Crippen molar-refractivity contribution < 1.29 is 28.9 Å². The molecule has 0 unspecified atom stereocenters. The monoisotopic (exact) mass is 612 g/mol. The summed E-state index contributed by atoms with van der Waals surface area (Å²) in [6.45, 7) is 3.06. The Morgan fingerprint density at radius 2 is 2.12 bits per heavy atom. The number of carbonyl (C=O) groups excluding carboxylic acids is 1. The van der Waals surface area contributed by atoms with Crippen molar-refractivity contribution in [2.75, 3.05) is 26.3 Å². The average molecular weight is 613 g/mol. The zero-order valence-electron chi connectivity index (χ0n) is 21.3. The highest BCUT2D eigenvalue weighted by molar-refractivity contribution is 8.00. The second-order valence-electron chi connectivity index (χ2n) is 9.24. The van der Waals surface area contributed by atoms with Crippen LogP contribution in [0.25, 0.3) is 11.3 Å². The largest absolute Gasteiger partial charge is 0.394 e. The maximum atomic E-state index is 14.1. The fourth-order valence-electron chi connectivity index (χ4n) is 4.47. The molecule has 2 aromatic heterocycles. The van der Waals surface area contributed by atoms with Crippen molar-refractivity contribution in [1.29, 1.82) is 0 Å². The number of nitrogens with one attached hydrogen (secondary N) is 1. The van der Waals surface area contributed by atoms with E-state index in [4.69, 9.17) is 32.7 Å². The van der Waals surface area contributed by atoms with E-state index in [0.29, 0.717) is 21.2 Å². The lowest BCUT2D eigenvalue weighted by atomic mass is 9.97. The van der Waals surface area contributed by atoms with Crippen LogP contribution < -0.4 is 5.43 Å². The number of pyridine rings is 1. The van der Waals surface area contributed by atoms with Crippen LogP contribution in [0.4, 0.5) is 4.39 Å². The minimum Gasteiger partial charge on any atom is -0.394 e. The molecule has 11 nitrogen and oxygen atoms in total. The highest BCUT2D eigenvalue weighted by Crippen LogP contribution is 2.41. The van der Waals surface area contributed by atoms with Crippen LogP contribution in [0.2, 0.25) is 10.0 Å². The van der Waals surface area contributed by atoms with Gasteiger partial charge in [0.2, 0.25) is 0 Å². The highest BCUT2D eigenvalue weighted by atomic mass is 35.5. The molecule has 214 valence electrons. The van der Waals surface area contributed by atoms with Gasteiger partial charge in [0.15, 0.2) is 0 Å². The van der Waals surface area contributed by atoms with Crippen molar-refractivity contribution in [2.45, 2.75) is 48.0 Å². The number of carbonyl (C=O) groups is 1. The van der Waals surface area contributed by atoms with Crippen molar-refractivity contribution in [3.05, 3.63) is 58.2 Å². The summed E-state index contributed by atoms with van der Waals surface area (Å²) in [5, 5.41) is 31.7. The predicted molar refractivity (Wildman–Crippen MR) is 145 cm³/mol. The first kappa shape index (κ1) is 29.1. The molecule has 4 heterocycles. The number of thioether (sulfide) groups is 1. The number of aromatic nitrogens is 4. The van der Waals surface area contributed by atoms with Gasteiger partial charge in [-0.15, -0.1) is 5.10 Å². The molecular weight excluding hydrogens is 586 g/mol. The summed E-state index contributed by atoms with van der Waals surface area (Å²) in [4.78, 5) is 17.7. The molecule has 2 fully saturated rings. The Morgan fingerprint density at radius 3 is 2.80 bits per heavy atom. The number of ether oxygens (including phenoxy) is 2. The van der Waals surface area contributed by atoms with Gasteiger partial charge < -0.3 is 19.7 Å². The summed E-state index contributed by atoms with van der Waals surface area (Å²) >= 11 is 13.2. The normalized spacial score (nSPS) is 25.0. The second-order valence-corrected chi connectivity index (χ2v) is 11.2. The van der Waals surface area contributed by atoms with Crippen molar-refractivity contribution in [2.24, 2.45) is 0 Å². The van der Waals surface area contributed by atoms with Crippen molar-refractivity contribution in [1.82, 2.24) is 30.4 Å². The zero-order valence-corrected chi connectivity index (χ0v) is 23.6. The first-order chi connectivity index (χ1) is 19.3. The van der Waals surface area contributed by atoms with Crippen LogP contribution in [-0.2, 0) is 9.47 Å². The molecule has 1 amide bonds. The van der Waals surface area contributed by atoms with E-state index in [1.807, 2.05) is 0 Å². The molecule has 2 saturated heterocycles.